The molecule has 35 heavy (non-hydrogen) atoms. The largest absolute Gasteiger partial charge is 0.493 e. The highest BCUT2D eigenvalue weighted by atomic mass is 19.4. The highest BCUT2D eigenvalue weighted by Gasteiger charge is 2.58. The third-order valence-corrected chi connectivity index (χ3v) is 7.30. The molecule has 1 aromatic carbocycles. The molecule has 2 aliphatic rings. The summed E-state index contributed by atoms with van der Waals surface area (Å²) in [6.45, 7) is 9.09. The highest BCUT2D eigenvalue weighted by Crippen LogP contribution is 2.51. The molecule has 1 aromatic rings. The Morgan fingerprint density at radius 1 is 1.09 bits per heavy atom. The molecule has 2 heterocycles. The standard InChI is InChI=1S/C26H37F3N2O4/c1-7-11-17-15-20-19(16-35-25(20,5)26(27,28)29)18(12-8-2)21(17)34-14-10-9-13-31-22(32)24(3,4)30(6)23(31)33/h15H,7-14,16H2,1-6H3. The Labute approximate surface area is 205 Å². The molecule has 0 N–H and O–H groups in total. The first-order chi connectivity index (χ1) is 16.3. The molecule has 1 unspecified atom stereocenters. The number of unbranched alkanes of at least 4 members (excludes halogenated alkanes) is 1. The molecule has 9 heteroatoms. The topological polar surface area (TPSA) is 59.1 Å². The first kappa shape index (κ1) is 27.3. The second kappa shape index (κ2) is 9.99. The van der Waals surface area contributed by atoms with Gasteiger partial charge in [0.15, 0.2) is 5.60 Å². The maximum atomic E-state index is 13.9. The summed E-state index contributed by atoms with van der Waals surface area (Å²) in [7, 11) is 1.62. The number of likely N-dealkylation sites (N-methyl/N-ethyl adjacent to an activating group) is 1. The molecule has 6 nitrogen and oxygen atoms in total. The number of carbonyl (C=O) groups is 2. The van der Waals surface area contributed by atoms with Gasteiger partial charge in [-0.25, -0.2) is 4.79 Å². The Bertz CT molecular complexity index is 976. The van der Waals surface area contributed by atoms with Crippen LogP contribution in [0.25, 0.3) is 0 Å². The molecule has 0 saturated carbocycles. The summed E-state index contributed by atoms with van der Waals surface area (Å²) in [4.78, 5) is 27.6. The number of carbonyl (C=O) groups excluding carboxylic acids is 2. The van der Waals surface area contributed by atoms with Gasteiger partial charge in [-0.2, -0.15) is 13.2 Å². The van der Waals surface area contributed by atoms with Crippen LogP contribution in [-0.4, -0.2) is 53.7 Å². The van der Waals surface area contributed by atoms with Gasteiger partial charge < -0.3 is 14.4 Å². The van der Waals surface area contributed by atoms with Crippen LogP contribution in [0.4, 0.5) is 18.0 Å². The average molecular weight is 499 g/mol. The van der Waals surface area contributed by atoms with E-state index in [-0.39, 0.29) is 24.1 Å². The van der Waals surface area contributed by atoms with Gasteiger partial charge in [-0.15, -0.1) is 0 Å². The highest BCUT2D eigenvalue weighted by molar-refractivity contribution is 6.06. The van der Waals surface area contributed by atoms with E-state index in [1.54, 1.807) is 27.0 Å². The Balaban J connectivity index is 1.76. The first-order valence-corrected chi connectivity index (χ1v) is 12.4. The second-order valence-electron chi connectivity index (χ2n) is 10.1. The van der Waals surface area contributed by atoms with Crippen LogP contribution in [-0.2, 0) is 34.6 Å². The third-order valence-electron chi connectivity index (χ3n) is 7.30. The lowest BCUT2D eigenvalue weighted by Gasteiger charge is -2.28. The summed E-state index contributed by atoms with van der Waals surface area (Å²) < 4.78 is 53.2. The summed E-state index contributed by atoms with van der Waals surface area (Å²) in [6.07, 6.45) is -0.590. The van der Waals surface area contributed by atoms with Gasteiger partial charge in [0, 0.05) is 19.2 Å². The maximum Gasteiger partial charge on any atom is 0.421 e. The lowest BCUT2D eigenvalue weighted by atomic mass is 9.86. The van der Waals surface area contributed by atoms with Crippen LogP contribution in [0, 0.1) is 0 Å². The lowest BCUT2D eigenvalue weighted by molar-refractivity contribution is -0.272. The molecule has 0 aromatic heterocycles. The predicted molar refractivity (Wildman–Crippen MR) is 126 cm³/mol. The zero-order valence-corrected chi connectivity index (χ0v) is 21.6. The number of halogens is 3. The van der Waals surface area contributed by atoms with E-state index in [4.69, 9.17) is 9.47 Å². The zero-order valence-electron chi connectivity index (χ0n) is 21.6. The zero-order chi connectivity index (χ0) is 26.2. The van der Waals surface area contributed by atoms with Crippen LogP contribution in [0.15, 0.2) is 6.07 Å². The number of imide groups is 1. The van der Waals surface area contributed by atoms with E-state index in [2.05, 4.69) is 0 Å². The molecule has 1 saturated heterocycles. The van der Waals surface area contributed by atoms with Crippen LogP contribution < -0.4 is 4.74 Å². The van der Waals surface area contributed by atoms with Gasteiger partial charge in [0.1, 0.15) is 11.3 Å². The van der Waals surface area contributed by atoms with E-state index in [1.807, 2.05) is 13.8 Å². The quantitative estimate of drug-likeness (QED) is 0.305. The number of alkyl halides is 3. The molecule has 0 spiro atoms. The molecular weight excluding hydrogens is 461 g/mol. The third kappa shape index (κ3) is 4.76. The van der Waals surface area contributed by atoms with Crippen molar-refractivity contribution >= 4 is 11.9 Å². The van der Waals surface area contributed by atoms with Crippen molar-refractivity contribution in [2.24, 2.45) is 0 Å². The minimum Gasteiger partial charge on any atom is -0.493 e. The van der Waals surface area contributed by atoms with Gasteiger partial charge in [-0.3, -0.25) is 9.69 Å². The predicted octanol–water partition coefficient (Wildman–Crippen LogP) is 5.73. The van der Waals surface area contributed by atoms with Crippen LogP contribution in [0.5, 0.6) is 5.75 Å². The molecule has 1 atom stereocenters. The van der Waals surface area contributed by atoms with E-state index in [0.717, 1.165) is 30.9 Å². The number of rotatable bonds is 10. The molecule has 3 rings (SSSR count). The number of fused-ring (bicyclic) bond motifs is 1. The van der Waals surface area contributed by atoms with Crippen LogP contribution in [0.1, 0.15) is 82.6 Å². The van der Waals surface area contributed by atoms with Crippen molar-refractivity contribution in [3.05, 3.63) is 28.3 Å². The Hall–Kier alpha value is -2.29. The number of aryl methyl sites for hydroxylation is 1. The van der Waals surface area contributed by atoms with Crippen molar-refractivity contribution in [2.45, 2.75) is 97.1 Å². The summed E-state index contributed by atoms with van der Waals surface area (Å²) in [5, 5.41) is 0. The van der Waals surface area contributed by atoms with Crippen molar-refractivity contribution in [2.75, 3.05) is 20.2 Å². The van der Waals surface area contributed by atoms with Crippen molar-refractivity contribution < 1.29 is 32.2 Å². The van der Waals surface area contributed by atoms with Gasteiger partial charge in [-0.05, 0) is 69.2 Å². The fourth-order valence-corrected chi connectivity index (χ4v) is 4.81. The van der Waals surface area contributed by atoms with Crippen LogP contribution in [0.3, 0.4) is 0 Å². The number of amides is 3. The van der Waals surface area contributed by atoms with Crippen LogP contribution in [0.2, 0.25) is 0 Å². The van der Waals surface area contributed by atoms with Crippen molar-refractivity contribution in [1.29, 1.82) is 0 Å². The van der Waals surface area contributed by atoms with Crippen molar-refractivity contribution in [3.63, 3.8) is 0 Å². The summed E-state index contributed by atoms with van der Waals surface area (Å²) in [6, 6.07) is 1.32. The molecule has 3 amide bonds. The number of hydrogen-bond acceptors (Lipinski definition) is 4. The van der Waals surface area contributed by atoms with Gasteiger partial charge in [0.25, 0.3) is 5.91 Å². The smallest absolute Gasteiger partial charge is 0.421 e. The summed E-state index contributed by atoms with van der Waals surface area (Å²) in [5.74, 6) is 0.449. The molecular formula is C26H37F3N2O4. The van der Waals surface area contributed by atoms with Crippen molar-refractivity contribution in [1.82, 2.24) is 9.80 Å². The Kier molecular flexibility index (Phi) is 7.79. The SMILES string of the molecule is CCCc1cc2c(c(CCC)c1OCCCCN1C(=O)N(C)C(C)(C)C1=O)COC2(C)C(F)(F)F. The fourth-order valence-electron chi connectivity index (χ4n) is 4.81. The summed E-state index contributed by atoms with van der Waals surface area (Å²) >= 11 is 0. The lowest BCUT2D eigenvalue weighted by Crippen LogP contribution is -2.41. The minimum absolute atomic E-state index is 0.0913. The minimum atomic E-state index is -4.51. The van der Waals surface area contributed by atoms with Gasteiger partial charge in [0.2, 0.25) is 0 Å². The average Bonchev–Trinajstić information content (AvgIpc) is 3.20. The molecule has 2 aliphatic heterocycles. The van der Waals surface area contributed by atoms with Crippen molar-refractivity contribution in [3.8, 4) is 5.75 Å². The number of urea groups is 1. The van der Waals surface area contributed by atoms with Crippen LogP contribution >= 0.6 is 0 Å². The normalized spacial score (nSPS) is 21.7. The maximum absolute atomic E-state index is 13.9. The molecule has 196 valence electrons. The molecule has 0 aliphatic carbocycles. The van der Waals surface area contributed by atoms with Gasteiger partial charge in [0.05, 0.1) is 13.2 Å². The van der Waals surface area contributed by atoms with Gasteiger partial charge in [-0.1, -0.05) is 26.7 Å². The van der Waals surface area contributed by atoms with Gasteiger partial charge >= 0.3 is 12.2 Å². The molecule has 0 bridgehead atoms. The fraction of sp³-hybridized carbons (Fsp3) is 0.692. The monoisotopic (exact) mass is 498 g/mol. The van der Waals surface area contributed by atoms with E-state index >= 15 is 0 Å². The molecule has 1 fully saturated rings. The Morgan fingerprint density at radius 3 is 2.29 bits per heavy atom. The number of ether oxygens (including phenoxy) is 2. The number of nitrogens with zero attached hydrogens (tertiary/aromatic N) is 2. The first-order valence-electron chi connectivity index (χ1n) is 12.4. The second-order valence-corrected chi connectivity index (χ2v) is 10.1. The molecule has 0 radical (unpaired) electrons. The number of hydrogen-bond donors (Lipinski definition) is 0. The van der Waals surface area contributed by atoms with E-state index in [1.165, 1.54) is 9.80 Å². The van der Waals surface area contributed by atoms with E-state index < -0.39 is 17.3 Å². The van der Waals surface area contributed by atoms with E-state index in [9.17, 15) is 22.8 Å². The number of benzene rings is 1. The summed E-state index contributed by atoms with van der Waals surface area (Å²) in [5.41, 5.74) is -0.822. The Morgan fingerprint density at radius 2 is 1.74 bits per heavy atom. The van der Waals surface area contributed by atoms with E-state index in [0.29, 0.717) is 50.1 Å².